The summed E-state index contributed by atoms with van der Waals surface area (Å²) in [4.78, 5) is 55.0. The number of alkyl halides is 1. The Morgan fingerprint density at radius 2 is 1.89 bits per heavy atom. The normalized spacial score (nSPS) is 17.4. The summed E-state index contributed by atoms with van der Waals surface area (Å²) in [6.45, 7) is -1.10. The van der Waals surface area contributed by atoms with Crippen molar-refractivity contribution in [2.24, 2.45) is 0 Å². The van der Waals surface area contributed by atoms with Crippen LogP contribution < -0.4 is 15.0 Å². The van der Waals surface area contributed by atoms with Gasteiger partial charge in [0.1, 0.15) is 24.5 Å². The van der Waals surface area contributed by atoms with Gasteiger partial charge in [0.25, 0.3) is 0 Å². The molecule has 2 aliphatic rings. The number of piperidine rings is 1. The van der Waals surface area contributed by atoms with Gasteiger partial charge < -0.3 is 20.1 Å². The molecule has 2 atom stereocenters. The molecule has 0 bridgehead atoms. The number of carbonyl (C=O) groups is 4. The molecule has 0 spiro atoms. The summed E-state index contributed by atoms with van der Waals surface area (Å²) >= 11 is 1.52. The van der Waals surface area contributed by atoms with E-state index in [2.05, 4.69) is 5.32 Å². The number of aliphatic carboxylic acids is 1. The van der Waals surface area contributed by atoms with E-state index in [-0.39, 0.29) is 0 Å². The van der Waals surface area contributed by atoms with E-state index in [1.807, 2.05) is 36.4 Å². The van der Waals surface area contributed by atoms with Crippen LogP contribution in [-0.4, -0.2) is 66.1 Å². The van der Waals surface area contributed by atoms with Crippen molar-refractivity contribution in [1.29, 1.82) is 0 Å². The Bertz CT molecular complexity index is 1190. The highest BCUT2D eigenvalue weighted by Gasteiger charge is 2.39. The van der Waals surface area contributed by atoms with Gasteiger partial charge in [-0.1, -0.05) is 23.9 Å². The van der Waals surface area contributed by atoms with E-state index >= 15 is 0 Å². The Kier molecular flexibility index (Phi) is 7.78. The second kappa shape index (κ2) is 11.0. The van der Waals surface area contributed by atoms with Gasteiger partial charge in [-0.3, -0.25) is 19.3 Å². The Morgan fingerprint density at radius 3 is 2.61 bits per heavy atom. The fraction of sp³-hybridized carbons (Fsp3) is 0.360. The van der Waals surface area contributed by atoms with E-state index in [1.54, 1.807) is 11.0 Å². The van der Waals surface area contributed by atoms with Crippen molar-refractivity contribution in [2.75, 3.05) is 25.2 Å². The van der Waals surface area contributed by atoms with Gasteiger partial charge in [-0.15, -0.1) is 0 Å². The quantitative estimate of drug-likeness (QED) is 0.577. The van der Waals surface area contributed by atoms with Gasteiger partial charge >= 0.3 is 12.0 Å². The van der Waals surface area contributed by atoms with Crippen LogP contribution in [0.25, 0.3) is 0 Å². The number of Topliss-reactive ketones (excluding diaryl/α,β-unsaturated/α-hetero) is 1. The number of amides is 3. The molecule has 9 nitrogen and oxygen atoms in total. The third-order valence-corrected chi connectivity index (χ3v) is 7.32. The number of carbonyl (C=O) groups excluding carboxylic acids is 3. The highest BCUT2D eigenvalue weighted by molar-refractivity contribution is 7.99. The number of likely N-dealkylation sites (tertiary alicyclic amines) is 1. The van der Waals surface area contributed by atoms with E-state index in [0.29, 0.717) is 42.9 Å². The molecule has 2 aliphatic heterocycles. The second-order valence-electron chi connectivity index (χ2n) is 8.49. The number of halogens is 1. The average Bonchev–Trinajstić information content (AvgIpc) is 2.89. The monoisotopic (exact) mass is 515 g/mol. The van der Waals surface area contributed by atoms with Crippen molar-refractivity contribution in [3.05, 3.63) is 42.5 Å². The third kappa shape index (κ3) is 5.15. The highest BCUT2D eigenvalue weighted by Crippen LogP contribution is 2.49. The number of nitrogens with zero attached hydrogens (tertiary/aromatic N) is 2. The molecular weight excluding hydrogens is 489 g/mol. The second-order valence-corrected chi connectivity index (χ2v) is 9.57. The molecule has 3 amide bonds. The lowest BCUT2D eigenvalue weighted by Gasteiger charge is -2.40. The number of anilines is 2. The maximum Gasteiger partial charge on any atom is 0.329 e. The smallest absolute Gasteiger partial charge is 0.329 e. The molecule has 36 heavy (non-hydrogen) atoms. The summed E-state index contributed by atoms with van der Waals surface area (Å²) in [7, 11) is 1.54. The Labute approximate surface area is 211 Å². The number of benzene rings is 2. The predicted molar refractivity (Wildman–Crippen MR) is 131 cm³/mol. The van der Waals surface area contributed by atoms with E-state index in [9.17, 15) is 23.6 Å². The number of fused-ring (bicyclic) bond motifs is 2. The van der Waals surface area contributed by atoms with Crippen molar-refractivity contribution in [2.45, 2.75) is 47.6 Å². The lowest BCUT2D eigenvalue weighted by molar-refractivity contribution is -0.140. The van der Waals surface area contributed by atoms with Gasteiger partial charge in [0.05, 0.1) is 24.9 Å². The first-order valence-electron chi connectivity index (χ1n) is 11.5. The van der Waals surface area contributed by atoms with Crippen molar-refractivity contribution >= 4 is 46.8 Å². The standard InChI is InChI=1S/C25H26FN3O6S/c1-35-15-9-10-22-19(12-15)29(17-6-2-3-8-21(17)36-22)25(34)28-11-5-4-7-18(28)24(33)27-16(13-23(31)32)20(30)14-26/h2-3,6,8-10,12,16,18H,4-5,7,11,13-14H2,1H3,(H,27,33)(H,31,32). The summed E-state index contributed by atoms with van der Waals surface area (Å²) in [5, 5.41) is 11.4. The van der Waals surface area contributed by atoms with Crippen LogP contribution in [-0.2, 0) is 14.4 Å². The first kappa shape index (κ1) is 25.5. The number of ketones is 1. The van der Waals surface area contributed by atoms with Gasteiger partial charge in [0, 0.05) is 22.4 Å². The van der Waals surface area contributed by atoms with E-state index < -0.39 is 48.9 Å². The molecule has 0 aromatic heterocycles. The first-order chi connectivity index (χ1) is 17.3. The molecule has 0 aliphatic carbocycles. The number of nitrogens with one attached hydrogen (secondary N) is 1. The van der Waals surface area contributed by atoms with Gasteiger partial charge in [0.15, 0.2) is 5.78 Å². The van der Waals surface area contributed by atoms with Crippen LogP contribution in [0.15, 0.2) is 52.3 Å². The molecule has 1 fully saturated rings. The molecule has 0 saturated carbocycles. The average molecular weight is 516 g/mol. The van der Waals surface area contributed by atoms with Gasteiger partial charge in [0.2, 0.25) is 5.91 Å². The molecule has 2 N–H and O–H groups in total. The van der Waals surface area contributed by atoms with Crippen LogP contribution in [0.5, 0.6) is 5.75 Å². The van der Waals surface area contributed by atoms with Crippen molar-refractivity contribution in [3.8, 4) is 5.75 Å². The SMILES string of the molecule is COc1ccc2c(c1)N(C(=O)N1CCCCC1C(=O)NC(CC(=O)O)C(=O)CF)c1ccccc1S2. The molecule has 190 valence electrons. The fourth-order valence-corrected chi connectivity index (χ4v) is 5.45. The Balaban J connectivity index is 1.67. The summed E-state index contributed by atoms with van der Waals surface area (Å²) in [5.74, 6) is -2.48. The molecule has 4 rings (SSSR count). The van der Waals surface area contributed by atoms with Crippen LogP contribution >= 0.6 is 11.8 Å². The number of hydrogen-bond donors (Lipinski definition) is 2. The zero-order chi connectivity index (χ0) is 25.8. The van der Waals surface area contributed by atoms with Crippen LogP contribution in [0.4, 0.5) is 20.6 Å². The summed E-state index contributed by atoms with van der Waals surface area (Å²) < 4.78 is 18.4. The van der Waals surface area contributed by atoms with Crippen molar-refractivity contribution < 1.29 is 33.4 Å². The minimum Gasteiger partial charge on any atom is -0.497 e. The van der Waals surface area contributed by atoms with Crippen molar-refractivity contribution in [3.63, 3.8) is 0 Å². The fourth-order valence-electron chi connectivity index (χ4n) is 4.41. The topological polar surface area (TPSA) is 116 Å². The van der Waals surface area contributed by atoms with Crippen LogP contribution in [0, 0.1) is 0 Å². The molecule has 2 aromatic rings. The van der Waals surface area contributed by atoms with E-state index in [1.165, 1.54) is 23.8 Å². The Hall–Kier alpha value is -3.60. The van der Waals surface area contributed by atoms with Gasteiger partial charge in [-0.05, 0) is 43.5 Å². The lowest BCUT2D eigenvalue weighted by Crippen LogP contribution is -2.57. The van der Waals surface area contributed by atoms with Crippen LogP contribution in [0.2, 0.25) is 0 Å². The molecule has 1 saturated heterocycles. The van der Waals surface area contributed by atoms with Crippen LogP contribution in [0.3, 0.4) is 0 Å². The van der Waals surface area contributed by atoms with Crippen LogP contribution in [0.1, 0.15) is 25.7 Å². The number of rotatable bonds is 7. The molecule has 2 unspecified atom stereocenters. The molecule has 2 aromatic carbocycles. The maximum absolute atomic E-state index is 14.0. The summed E-state index contributed by atoms with van der Waals surface area (Å²) in [6.07, 6.45) is 0.932. The van der Waals surface area contributed by atoms with E-state index in [0.717, 1.165) is 9.79 Å². The number of methoxy groups -OCH3 is 1. The van der Waals surface area contributed by atoms with Gasteiger partial charge in [-0.25, -0.2) is 9.18 Å². The largest absolute Gasteiger partial charge is 0.497 e. The zero-order valence-corrected chi connectivity index (χ0v) is 20.4. The van der Waals surface area contributed by atoms with E-state index in [4.69, 9.17) is 9.84 Å². The minimum absolute atomic E-state index is 0.294. The van der Waals surface area contributed by atoms with Gasteiger partial charge in [-0.2, -0.15) is 0 Å². The molecular formula is C25H26FN3O6S. The predicted octanol–water partition coefficient (Wildman–Crippen LogP) is 3.77. The zero-order valence-electron chi connectivity index (χ0n) is 19.6. The summed E-state index contributed by atoms with van der Waals surface area (Å²) in [5.41, 5.74) is 1.28. The summed E-state index contributed by atoms with van der Waals surface area (Å²) in [6, 6.07) is 10.0. The number of para-hydroxylation sites is 1. The third-order valence-electron chi connectivity index (χ3n) is 6.19. The first-order valence-corrected chi connectivity index (χ1v) is 12.3. The minimum atomic E-state index is -1.50. The number of urea groups is 1. The highest BCUT2D eigenvalue weighted by atomic mass is 32.2. The molecule has 0 radical (unpaired) electrons. The number of hydrogen-bond acceptors (Lipinski definition) is 6. The molecule has 2 heterocycles. The number of ether oxygens (including phenoxy) is 1. The maximum atomic E-state index is 14.0. The Morgan fingerprint density at radius 1 is 1.14 bits per heavy atom. The number of carboxylic acids is 1. The number of carboxylic acid groups (broad SMARTS) is 1. The lowest BCUT2D eigenvalue weighted by atomic mass is 10.0. The van der Waals surface area contributed by atoms with Crippen molar-refractivity contribution in [1.82, 2.24) is 10.2 Å². The molecule has 11 heteroatoms.